The Morgan fingerprint density at radius 2 is 2.30 bits per heavy atom. The number of alkyl halides is 2. The molecular weight excluding hydrogens is 313 g/mol. The zero-order chi connectivity index (χ0) is 13.2. The van der Waals surface area contributed by atoms with E-state index in [-0.39, 0.29) is 36.8 Å². The molecule has 1 fully saturated rings. The maximum atomic E-state index is 12.9. The van der Waals surface area contributed by atoms with Gasteiger partial charge in [-0.25, -0.2) is 13.8 Å². The van der Waals surface area contributed by atoms with E-state index < -0.39 is 24.9 Å². The lowest BCUT2D eigenvalue weighted by atomic mass is 10.1. The van der Waals surface area contributed by atoms with Gasteiger partial charge in [0.1, 0.15) is 0 Å². The summed E-state index contributed by atoms with van der Waals surface area (Å²) in [6, 6.07) is -0.937. The molecule has 1 aliphatic rings. The van der Waals surface area contributed by atoms with Gasteiger partial charge < -0.3 is 9.88 Å². The van der Waals surface area contributed by atoms with Gasteiger partial charge in [-0.3, -0.25) is 10.1 Å². The Bertz CT molecular complexity index is 417. The Morgan fingerprint density at radius 1 is 1.60 bits per heavy atom. The van der Waals surface area contributed by atoms with E-state index in [0.29, 0.717) is 6.54 Å². The van der Waals surface area contributed by atoms with Crippen LogP contribution in [0.3, 0.4) is 0 Å². The third kappa shape index (κ3) is 5.22. The van der Waals surface area contributed by atoms with Gasteiger partial charge in [-0.1, -0.05) is 0 Å². The molecule has 2 atom stereocenters. The van der Waals surface area contributed by atoms with Crippen LogP contribution in [0.2, 0.25) is 0 Å². The van der Waals surface area contributed by atoms with Crippen LogP contribution in [0.25, 0.3) is 0 Å². The van der Waals surface area contributed by atoms with E-state index in [4.69, 9.17) is 0 Å². The van der Waals surface area contributed by atoms with E-state index in [2.05, 4.69) is 15.6 Å². The lowest BCUT2D eigenvalue weighted by Gasteiger charge is -2.17. The van der Waals surface area contributed by atoms with Crippen LogP contribution < -0.4 is 10.6 Å². The molecule has 2 unspecified atom stereocenters. The molecule has 1 aromatic heterocycles. The fourth-order valence-corrected chi connectivity index (χ4v) is 2.00. The molecule has 2 rings (SSSR count). The van der Waals surface area contributed by atoms with E-state index in [0.717, 1.165) is 0 Å². The Morgan fingerprint density at radius 3 is 2.80 bits per heavy atom. The summed E-state index contributed by atoms with van der Waals surface area (Å²) in [6.45, 7) is 1.96. The van der Waals surface area contributed by atoms with Crippen LogP contribution in [-0.4, -0.2) is 40.0 Å². The molecule has 0 radical (unpaired) electrons. The summed E-state index contributed by atoms with van der Waals surface area (Å²) in [6.07, 6.45) is 4.64. The Kier molecular flexibility index (Phi) is 7.40. The van der Waals surface area contributed by atoms with Crippen molar-refractivity contribution in [1.82, 2.24) is 20.2 Å². The van der Waals surface area contributed by atoms with Gasteiger partial charge in [0.05, 0.1) is 18.9 Å². The van der Waals surface area contributed by atoms with Crippen molar-refractivity contribution >= 4 is 30.7 Å². The van der Waals surface area contributed by atoms with Gasteiger partial charge in [-0.2, -0.15) is 0 Å². The molecule has 20 heavy (non-hydrogen) atoms. The second kappa shape index (κ2) is 7.75. The van der Waals surface area contributed by atoms with Crippen molar-refractivity contribution in [2.24, 2.45) is 0 Å². The number of carbonyl (C=O) groups is 1. The molecule has 1 aliphatic heterocycles. The first-order valence-corrected chi connectivity index (χ1v) is 5.83. The topological polar surface area (TPSA) is 59.0 Å². The minimum absolute atomic E-state index is 0. The van der Waals surface area contributed by atoms with Crippen LogP contribution in [0.5, 0.6) is 0 Å². The van der Waals surface area contributed by atoms with Crippen LogP contribution in [-0.2, 0) is 11.3 Å². The number of imidazole rings is 1. The molecule has 2 N–H and O–H groups in total. The molecule has 0 spiro atoms. The first-order valence-electron chi connectivity index (χ1n) is 5.83. The SMILES string of the molecule is CC(Cn1ccnc1)NC(=O)C1CC(F)(F)CN1.Cl.Cl. The molecule has 5 nitrogen and oxygen atoms in total. The van der Waals surface area contributed by atoms with Gasteiger partial charge in [-0.15, -0.1) is 24.8 Å². The Balaban J connectivity index is 0.00000180. The first kappa shape index (κ1) is 19.1. The number of aromatic nitrogens is 2. The monoisotopic (exact) mass is 330 g/mol. The maximum Gasteiger partial charge on any atom is 0.262 e. The molecule has 0 aromatic carbocycles. The maximum absolute atomic E-state index is 12.9. The van der Waals surface area contributed by atoms with Crippen LogP contribution >= 0.6 is 24.8 Å². The van der Waals surface area contributed by atoms with Crippen LogP contribution in [0.1, 0.15) is 13.3 Å². The molecule has 1 aromatic rings. The molecule has 1 saturated heterocycles. The summed E-state index contributed by atoms with van der Waals surface area (Å²) in [5.41, 5.74) is 0. The highest BCUT2D eigenvalue weighted by atomic mass is 35.5. The number of amides is 1. The van der Waals surface area contributed by atoms with E-state index >= 15 is 0 Å². The smallest absolute Gasteiger partial charge is 0.262 e. The van der Waals surface area contributed by atoms with E-state index in [9.17, 15) is 13.6 Å². The second-order valence-electron chi connectivity index (χ2n) is 4.66. The zero-order valence-corrected chi connectivity index (χ0v) is 12.5. The molecule has 1 amide bonds. The van der Waals surface area contributed by atoms with Crippen molar-refractivity contribution in [3.63, 3.8) is 0 Å². The average Bonchev–Trinajstić information content (AvgIpc) is 2.87. The van der Waals surface area contributed by atoms with Crippen molar-refractivity contribution in [2.45, 2.75) is 37.9 Å². The molecule has 2 heterocycles. The molecule has 116 valence electrons. The largest absolute Gasteiger partial charge is 0.350 e. The Hall–Kier alpha value is -0.920. The van der Waals surface area contributed by atoms with Crippen molar-refractivity contribution < 1.29 is 13.6 Å². The van der Waals surface area contributed by atoms with E-state index in [1.54, 1.807) is 18.7 Å². The highest BCUT2D eigenvalue weighted by Crippen LogP contribution is 2.25. The van der Waals surface area contributed by atoms with E-state index in [1.165, 1.54) is 0 Å². The minimum Gasteiger partial charge on any atom is -0.350 e. The number of hydrogen-bond donors (Lipinski definition) is 2. The van der Waals surface area contributed by atoms with E-state index in [1.807, 2.05) is 11.5 Å². The standard InChI is InChI=1S/C11H16F2N4O.2ClH/c1-8(5-17-3-2-14-7-17)16-10(18)9-4-11(12,13)6-15-9;;/h2-3,7-9,15H,4-6H2,1H3,(H,16,18);2*1H. The molecular formula is C11H18Cl2F2N4O. The molecule has 0 aliphatic carbocycles. The quantitative estimate of drug-likeness (QED) is 0.873. The number of carbonyl (C=O) groups excluding carboxylic acids is 1. The van der Waals surface area contributed by atoms with Crippen molar-refractivity contribution in [2.75, 3.05) is 6.54 Å². The fraction of sp³-hybridized carbons (Fsp3) is 0.636. The average molecular weight is 331 g/mol. The second-order valence-corrected chi connectivity index (χ2v) is 4.66. The highest BCUT2D eigenvalue weighted by molar-refractivity contribution is 5.85. The lowest BCUT2D eigenvalue weighted by molar-refractivity contribution is -0.124. The molecule has 0 saturated carbocycles. The van der Waals surface area contributed by atoms with Gasteiger partial charge in [-0.05, 0) is 6.92 Å². The summed E-state index contributed by atoms with van der Waals surface area (Å²) in [4.78, 5) is 15.6. The number of hydrogen-bond acceptors (Lipinski definition) is 3. The summed E-state index contributed by atoms with van der Waals surface area (Å²) < 4.78 is 27.7. The van der Waals surface area contributed by atoms with Gasteiger partial charge in [0.2, 0.25) is 5.91 Å². The number of nitrogens with one attached hydrogen (secondary N) is 2. The van der Waals surface area contributed by atoms with Gasteiger partial charge >= 0.3 is 0 Å². The minimum atomic E-state index is -2.78. The third-order valence-electron chi connectivity index (χ3n) is 2.86. The molecule has 9 heteroatoms. The summed E-state index contributed by atoms with van der Waals surface area (Å²) in [7, 11) is 0. The molecule has 0 bridgehead atoms. The van der Waals surface area contributed by atoms with Crippen molar-refractivity contribution in [3.05, 3.63) is 18.7 Å². The van der Waals surface area contributed by atoms with Crippen LogP contribution in [0.15, 0.2) is 18.7 Å². The van der Waals surface area contributed by atoms with Crippen LogP contribution in [0, 0.1) is 0 Å². The number of halogens is 4. The third-order valence-corrected chi connectivity index (χ3v) is 2.86. The normalized spacial score (nSPS) is 21.4. The zero-order valence-electron chi connectivity index (χ0n) is 10.9. The summed E-state index contributed by atoms with van der Waals surface area (Å²) in [5, 5.41) is 5.24. The van der Waals surface area contributed by atoms with Crippen molar-refractivity contribution in [1.29, 1.82) is 0 Å². The predicted octanol–water partition coefficient (Wildman–Crippen LogP) is 1.23. The number of rotatable bonds is 4. The summed E-state index contributed by atoms with van der Waals surface area (Å²) in [5.74, 6) is -3.16. The predicted molar refractivity (Wildman–Crippen MR) is 75.7 cm³/mol. The van der Waals surface area contributed by atoms with Crippen molar-refractivity contribution in [3.8, 4) is 0 Å². The Labute approximate surface area is 128 Å². The van der Waals surface area contributed by atoms with Gasteiger partial charge in [0.15, 0.2) is 0 Å². The highest BCUT2D eigenvalue weighted by Gasteiger charge is 2.42. The number of nitrogens with zero attached hydrogens (tertiary/aromatic N) is 2. The summed E-state index contributed by atoms with van der Waals surface area (Å²) >= 11 is 0. The first-order chi connectivity index (χ1) is 8.46. The lowest BCUT2D eigenvalue weighted by Crippen LogP contribution is -2.45. The van der Waals surface area contributed by atoms with Crippen LogP contribution in [0.4, 0.5) is 8.78 Å². The van der Waals surface area contributed by atoms with Gasteiger partial charge in [0.25, 0.3) is 5.92 Å². The fourth-order valence-electron chi connectivity index (χ4n) is 2.00. The van der Waals surface area contributed by atoms with Gasteiger partial charge in [0, 0.05) is 31.4 Å².